The fourth-order valence-electron chi connectivity index (χ4n) is 3.49. The van der Waals surface area contributed by atoms with Crippen LogP contribution < -0.4 is 4.90 Å². The predicted octanol–water partition coefficient (Wildman–Crippen LogP) is 2.27. The Morgan fingerprint density at radius 2 is 1.67 bits per heavy atom. The van der Waals surface area contributed by atoms with Crippen molar-refractivity contribution < 1.29 is 22.0 Å². The molecule has 1 aliphatic heterocycles. The Morgan fingerprint density at radius 3 is 2.30 bits per heavy atom. The van der Waals surface area contributed by atoms with Crippen LogP contribution in [-0.4, -0.2) is 61.6 Å². The molecule has 156 valence electrons. The van der Waals surface area contributed by atoms with Crippen molar-refractivity contribution >= 4 is 32.5 Å². The SMILES string of the molecule is CS(=O)(=O)c1ccc2ncnc(N3CCN(C(=O)c4c(F)cccc4F)CC3)c2c1. The number of aromatic nitrogens is 2. The zero-order valence-corrected chi connectivity index (χ0v) is 16.9. The molecule has 0 unspecified atom stereocenters. The van der Waals surface area contributed by atoms with Gasteiger partial charge < -0.3 is 9.80 Å². The topological polar surface area (TPSA) is 83.5 Å². The Bertz CT molecular complexity index is 1220. The van der Waals surface area contributed by atoms with E-state index in [-0.39, 0.29) is 18.0 Å². The lowest BCUT2D eigenvalue weighted by Gasteiger charge is -2.35. The van der Waals surface area contributed by atoms with Crippen molar-refractivity contribution in [1.82, 2.24) is 14.9 Å². The number of nitrogens with zero attached hydrogens (tertiary/aromatic N) is 4. The monoisotopic (exact) mass is 432 g/mol. The summed E-state index contributed by atoms with van der Waals surface area (Å²) in [6.45, 7) is 1.22. The van der Waals surface area contributed by atoms with E-state index in [2.05, 4.69) is 9.97 Å². The molecule has 3 aromatic rings. The number of carbonyl (C=O) groups is 1. The van der Waals surface area contributed by atoms with E-state index in [1.165, 1.54) is 29.4 Å². The van der Waals surface area contributed by atoms with Crippen molar-refractivity contribution in [2.75, 3.05) is 37.3 Å². The molecular formula is C20H18F2N4O3S. The summed E-state index contributed by atoms with van der Waals surface area (Å²) in [7, 11) is -3.40. The minimum Gasteiger partial charge on any atom is -0.352 e. The third kappa shape index (κ3) is 3.70. The van der Waals surface area contributed by atoms with Gasteiger partial charge in [-0.25, -0.2) is 27.2 Å². The lowest BCUT2D eigenvalue weighted by molar-refractivity contribution is 0.0736. The van der Waals surface area contributed by atoms with E-state index in [0.29, 0.717) is 29.8 Å². The van der Waals surface area contributed by atoms with Crippen molar-refractivity contribution in [3.8, 4) is 0 Å². The van der Waals surface area contributed by atoms with Crippen LogP contribution in [0.5, 0.6) is 0 Å². The third-order valence-corrected chi connectivity index (χ3v) is 6.17. The van der Waals surface area contributed by atoms with Crippen molar-refractivity contribution in [3.63, 3.8) is 0 Å². The molecule has 2 heterocycles. The Kier molecular flexibility index (Phi) is 5.10. The number of carbonyl (C=O) groups excluding carboxylic acids is 1. The lowest BCUT2D eigenvalue weighted by Crippen LogP contribution is -2.49. The van der Waals surface area contributed by atoms with Gasteiger partial charge in [0.1, 0.15) is 29.3 Å². The molecule has 10 heteroatoms. The molecule has 0 saturated carbocycles. The van der Waals surface area contributed by atoms with Crippen LogP contribution in [0.25, 0.3) is 10.9 Å². The Balaban J connectivity index is 1.59. The van der Waals surface area contributed by atoms with Crippen LogP contribution >= 0.6 is 0 Å². The zero-order valence-electron chi connectivity index (χ0n) is 16.0. The number of halogens is 2. The van der Waals surface area contributed by atoms with Crippen molar-refractivity contribution in [2.45, 2.75) is 4.90 Å². The summed E-state index contributed by atoms with van der Waals surface area (Å²) in [4.78, 5) is 24.5. The quantitative estimate of drug-likeness (QED) is 0.632. The van der Waals surface area contributed by atoms with Crippen LogP contribution in [0, 0.1) is 11.6 Å². The van der Waals surface area contributed by atoms with Crippen molar-refractivity contribution in [2.24, 2.45) is 0 Å². The fourth-order valence-corrected chi connectivity index (χ4v) is 4.13. The van der Waals surface area contributed by atoms with Gasteiger partial charge in [0.05, 0.1) is 10.4 Å². The number of hydrogen-bond acceptors (Lipinski definition) is 6. The van der Waals surface area contributed by atoms with Gasteiger partial charge in [-0.3, -0.25) is 4.79 Å². The van der Waals surface area contributed by atoms with Crippen molar-refractivity contribution in [3.05, 3.63) is 59.9 Å². The first-order valence-electron chi connectivity index (χ1n) is 9.19. The molecule has 1 saturated heterocycles. The first-order valence-corrected chi connectivity index (χ1v) is 11.1. The fraction of sp³-hybridized carbons (Fsp3) is 0.250. The van der Waals surface area contributed by atoms with E-state index >= 15 is 0 Å². The molecule has 30 heavy (non-hydrogen) atoms. The smallest absolute Gasteiger partial charge is 0.259 e. The lowest BCUT2D eigenvalue weighted by atomic mass is 10.1. The van der Waals surface area contributed by atoms with Crippen LogP contribution in [0.15, 0.2) is 47.6 Å². The average Bonchev–Trinajstić information content (AvgIpc) is 2.72. The van der Waals surface area contributed by atoms with E-state index in [0.717, 1.165) is 18.4 Å². The number of fused-ring (bicyclic) bond motifs is 1. The number of hydrogen-bond donors (Lipinski definition) is 0. The molecule has 0 bridgehead atoms. The van der Waals surface area contributed by atoms with Gasteiger partial charge in [0.2, 0.25) is 0 Å². The number of rotatable bonds is 3. The molecule has 0 aliphatic carbocycles. The highest BCUT2D eigenvalue weighted by Gasteiger charge is 2.27. The van der Waals surface area contributed by atoms with Gasteiger partial charge in [-0.1, -0.05) is 6.07 Å². The summed E-state index contributed by atoms with van der Waals surface area (Å²) in [6, 6.07) is 7.97. The second-order valence-corrected chi connectivity index (χ2v) is 9.04. The summed E-state index contributed by atoms with van der Waals surface area (Å²) in [6.07, 6.45) is 2.52. The molecule has 2 aromatic carbocycles. The summed E-state index contributed by atoms with van der Waals surface area (Å²) >= 11 is 0. The first kappa shape index (κ1) is 20.1. The molecule has 7 nitrogen and oxygen atoms in total. The maximum Gasteiger partial charge on any atom is 0.259 e. The molecule has 1 aliphatic rings. The van der Waals surface area contributed by atoms with Gasteiger partial charge in [0, 0.05) is 37.8 Å². The van der Waals surface area contributed by atoms with Gasteiger partial charge in [0.15, 0.2) is 9.84 Å². The molecule has 0 radical (unpaired) electrons. The summed E-state index contributed by atoms with van der Waals surface area (Å²) in [5.41, 5.74) is 0.0376. The molecule has 0 atom stereocenters. The predicted molar refractivity (Wildman–Crippen MR) is 107 cm³/mol. The van der Waals surface area contributed by atoms with E-state index in [1.807, 2.05) is 4.90 Å². The van der Waals surface area contributed by atoms with Crippen LogP contribution in [0.3, 0.4) is 0 Å². The van der Waals surface area contributed by atoms with Gasteiger partial charge in [0.25, 0.3) is 5.91 Å². The van der Waals surface area contributed by atoms with E-state index in [1.54, 1.807) is 6.07 Å². The van der Waals surface area contributed by atoms with Gasteiger partial charge in [-0.2, -0.15) is 0 Å². The molecule has 0 spiro atoms. The Hall–Kier alpha value is -3.14. The summed E-state index contributed by atoms with van der Waals surface area (Å²) < 4.78 is 51.7. The minimum atomic E-state index is -3.40. The molecular weight excluding hydrogens is 414 g/mol. The molecule has 1 amide bonds. The number of amides is 1. The highest BCUT2D eigenvalue weighted by molar-refractivity contribution is 7.90. The second kappa shape index (κ2) is 7.60. The summed E-state index contributed by atoms with van der Waals surface area (Å²) in [5, 5.41) is 0.584. The molecule has 1 aromatic heterocycles. The highest BCUT2D eigenvalue weighted by atomic mass is 32.2. The molecule has 0 N–H and O–H groups in total. The van der Waals surface area contributed by atoms with Crippen LogP contribution in [0.1, 0.15) is 10.4 Å². The van der Waals surface area contributed by atoms with E-state index in [4.69, 9.17) is 0 Å². The number of piperazine rings is 1. The Labute approximate surface area is 171 Å². The van der Waals surface area contributed by atoms with Crippen LogP contribution in [0.4, 0.5) is 14.6 Å². The summed E-state index contributed by atoms with van der Waals surface area (Å²) in [5.74, 6) is -1.93. The normalized spacial score (nSPS) is 14.9. The third-order valence-electron chi connectivity index (χ3n) is 5.06. The van der Waals surface area contributed by atoms with Crippen molar-refractivity contribution in [1.29, 1.82) is 0 Å². The number of sulfone groups is 1. The van der Waals surface area contributed by atoms with Gasteiger partial charge >= 0.3 is 0 Å². The number of benzene rings is 2. The Morgan fingerprint density at radius 1 is 1.00 bits per heavy atom. The average molecular weight is 432 g/mol. The maximum atomic E-state index is 13.9. The maximum absolute atomic E-state index is 13.9. The number of anilines is 1. The van der Waals surface area contributed by atoms with Gasteiger partial charge in [-0.05, 0) is 30.3 Å². The van der Waals surface area contributed by atoms with E-state index < -0.39 is 32.9 Å². The highest BCUT2D eigenvalue weighted by Crippen LogP contribution is 2.27. The standard InChI is InChI=1S/C20H18F2N4O3S/c1-30(28,29)13-5-6-17-14(11-13)19(24-12-23-17)25-7-9-26(10-8-25)20(27)18-15(21)3-2-4-16(18)22/h2-6,11-12H,7-10H2,1H3. The largest absolute Gasteiger partial charge is 0.352 e. The van der Waals surface area contributed by atoms with E-state index in [9.17, 15) is 22.0 Å². The zero-order chi connectivity index (χ0) is 21.5. The second-order valence-electron chi connectivity index (χ2n) is 7.02. The van der Waals surface area contributed by atoms with Crippen LogP contribution in [0.2, 0.25) is 0 Å². The molecule has 1 fully saturated rings. The van der Waals surface area contributed by atoms with Gasteiger partial charge in [-0.15, -0.1) is 0 Å². The van der Waals surface area contributed by atoms with Crippen LogP contribution in [-0.2, 0) is 9.84 Å². The first-order chi connectivity index (χ1) is 14.3. The minimum absolute atomic E-state index is 0.162. The molecule has 4 rings (SSSR count).